The molecule has 0 saturated carbocycles. The molecule has 0 bridgehead atoms. The highest BCUT2D eigenvalue weighted by atomic mass is 35.5. The molecular formula is C17H18ClNO. The second-order valence-electron chi connectivity index (χ2n) is 5.00. The first-order valence-electron chi connectivity index (χ1n) is 6.52. The fourth-order valence-corrected chi connectivity index (χ4v) is 2.65. The third-order valence-electron chi connectivity index (χ3n) is 3.67. The monoisotopic (exact) mass is 287 g/mol. The lowest BCUT2D eigenvalue weighted by Crippen LogP contribution is -2.23. The molecule has 0 heterocycles. The van der Waals surface area contributed by atoms with Crippen molar-refractivity contribution >= 4 is 34.0 Å². The molecule has 3 heteroatoms. The predicted molar refractivity (Wildman–Crippen MR) is 87.3 cm³/mol. The SMILES string of the molecule is C[C@@H](O)[C@@H](N)c1c2ccccc2cc2ccccc12.Cl. The van der Waals surface area contributed by atoms with E-state index in [2.05, 4.69) is 30.3 Å². The molecule has 0 aromatic heterocycles. The molecule has 104 valence electrons. The van der Waals surface area contributed by atoms with E-state index in [1.54, 1.807) is 6.92 Å². The molecule has 2 atom stereocenters. The molecule has 0 radical (unpaired) electrons. The molecule has 0 aliphatic carbocycles. The first-order valence-corrected chi connectivity index (χ1v) is 6.52. The third-order valence-corrected chi connectivity index (χ3v) is 3.67. The molecule has 3 N–H and O–H groups in total. The maximum Gasteiger partial charge on any atom is 0.0705 e. The van der Waals surface area contributed by atoms with Crippen LogP contribution in [0.3, 0.4) is 0 Å². The normalized spacial score (nSPS) is 13.9. The first-order chi connectivity index (χ1) is 9.18. The van der Waals surface area contributed by atoms with Gasteiger partial charge in [-0.15, -0.1) is 12.4 Å². The molecule has 2 nitrogen and oxygen atoms in total. The minimum Gasteiger partial charge on any atom is -0.391 e. The summed E-state index contributed by atoms with van der Waals surface area (Å²) in [5.41, 5.74) is 7.25. The van der Waals surface area contributed by atoms with Gasteiger partial charge in [0.1, 0.15) is 0 Å². The zero-order chi connectivity index (χ0) is 13.4. The van der Waals surface area contributed by atoms with Crippen LogP contribution in [0.5, 0.6) is 0 Å². The van der Waals surface area contributed by atoms with Crippen LogP contribution in [0, 0.1) is 0 Å². The largest absolute Gasteiger partial charge is 0.391 e. The van der Waals surface area contributed by atoms with Crippen LogP contribution in [0.4, 0.5) is 0 Å². The van der Waals surface area contributed by atoms with Gasteiger partial charge in [-0.3, -0.25) is 0 Å². The van der Waals surface area contributed by atoms with Crippen LogP contribution in [0.1, 0.15) is 18.5 Å². The van der Waals surface area contributed by atoms with E-state index in [0.717, 1.165) is 27.1 Å². The standard InChI is InChI=1S/C17H17NO.ClH/c1-11(19)17(18)16-14-8-4-2-6-12(14)10-13-7-3-5-9-15(13)16;/h2-11,17,19H,18H2,1H3;1H/t11-,17-;/m1./s1. The van der Waals surface area contributed by atoms with Crippen LogP contribution in [-0.2, 0) is 0 Å². The van der Waals surface area contributed by atoms with E-state index < -0.39 is 6.10 Å². The first kappa shape index (κ1) is 14.8. The molecule has 0 fully saturated rings. The summed E-state index contributed by atoms with van der Waals surface area (Å²) in [5, 5.41) is 14.4. The summed E-state index contributed by atoms with van der Waals surface area (Å²) in [4.78, 5) is 0. The average molecular weight is 288 g/mol. The number of hydrogen-bond donors (Lipinski definition) is 2. The van der Waals surface area contributed by atoms with Crippen LogP contribution in [0.25, 0.3) is 21.5 Å². The molecule has 20 heavy (non-hydrogen) atoms. The molecule has 0 aliphatic heterocycles. The number of rotatable bonds is 2. The Morgan fingerprint density at radius 3 is 1.80 bits per heavy atom. The van der Waals surface area contributed by atoms with Crippen molar-refractivity contribution in [3.8, 4) is 0 Å². The van der Waals surface area contributed by atoms with E-state index in [-0.39, 0.29) is 18.4 Å². The highest BCUT2D eigenvalue weighted by Crippen LogP contribution is 2.32. The number of benzene rings is 3. The molecule has 0 amide bonds. The van der Waals surface area contributed by atoms with E-state index in [0.29, 0.717) is 0 Å². The Bertz CT molecular complexity index is 685. The van der Waals surface area contributed by atoms with Gasteiger partial charge in [0.05, 0.1) is 12.1 Å². The topological polar surface area (TPSA) is 46.2 Å². The number of hydrogen-bond acceptors (Lipinski definition) is 2. The van der Waals surface area contributed by atoms with Gasteiger partial charge >= 0.3 is 0 Å². The van der Waals surface area contributed by atoms with Gasteiger partial charge in [0.15, 0.2) is 0 Å². The fraction of sp³-hybridized carbons (Fsp3) is 0.176. The van der Waals surface area contributed by atoms with Crippen molar-refractivity contribution < 1.29 is 5.11 Å². The zero-order valence-electron chi connectivity index (χ0n) is 11.3. The predicted octanol–water partition coefficient (Wildman–Crippen LogP) is 3.80. The van der Waals surface area contributed by atoms with Crippen LogP contribution in [0.15, 0.2) is 54.6 Å². The summed E-state index contributed by atoms with van der Waals surface area (Å²) in [6.07, 6.45) is -0.575. The number of nitrogens with two attached hydrogens (primary N) is 1. The highest BCUT2D eigenvalue weighted by molar-refractivity contribution is 6.02. The van der Waals surface area contributed by atoms with Crippen LogP contribution < -0.4 is 5.73 Å². The smallest absolute Gasteiger partial charge is 0.0705 e. The minimum absolute atomic E-state index is 0. The minimum atomic E-state index is -0.575. The second kappa shape index (κ2) is 5.80. The Morgan fingerprint density at radius 1 is 0.900 bits per heavy atom. The van der Waals surface area contributed by atoms with Crippen molar-refractivity contribution in [3.63, 3.8) is 0 Å². The quantitative estimate of drug-likeness (QED) is 0.704. The number of aliphatic hydroxyl groups is 1. The Morgan fingerprint density at radius 2 is 1.35 bits per heavy atom. The summed E-state index contributed by atoms with van der Waals surface area (Å²) in [6.45, 7) is 1.74. The van der Waals surface area contributed by atoms with Crippen molar-refractivity contribution in [2.75, 3.05) is 0 Å². The van der Waals surface area contributed by atoms with Gasteiger partial charge in [-0.1, -0.05) is 48.5 Å². The maximum absolute atomic E-state index is 9.87. The number of halogens is 1. The van der Waals surface area contributed by atoms with Crippen LogP contribution in [-0.4, -0.2) is 11.2 Å². The van der Waals surface area contributed by atoms with Gasteiger partial charge in [-0.25, -0.2) is 0 Å². The van der Waals surface area contributed by atoms with E-state index in [9.17, 15) is 5.11 Å². The van der Waals surface area contributed by atoms with E-state index in [1.807, 2.05) is 24.3 Å². The lowest BCUT2D eigenvalue weighted by atomic mass is 9.91. The fourth-order valence-electron chi connectivity index (χ4n) is 2.65. The second-order valence-corrected chi connectivity index (χ2v) is 5.00. The Hall–Kier alpha value is -1.61. The van der Waals surface area contributed by atoms with Crippen molar-refractivity contribution in [1.29, 1.82) is 0 Å². The van der Waals surface area contributed by atoms with Gasteiger partial charge in [-0.05, 0) is 40.1 Å². The van der Waals surface area contributed by atoms with Crippen molar-refractivity contribution in [2.24, 2.45) is 5.73 Å². The average Bonchev–Trinajstić information content (AvgIpc) is 2.43. The van der Waals surface area contributed by atoms with Gasteiger partial charge < -0.3 is 10.8 Å². The van der Waals surface area contributed by atoms with E-state index >= 15 is 0 Å². The van der Waals surface area contributed by atoms with Gasteiger partial charge in [0, 0.05) is 0 Å². The molecule has 0 aliphatic rings. The van der Waals surface area contributed by atoms with E-state index in [4.69, 9.17) is 5.73 Å². The van der Waals surface area contributed by atoms with Gasteiger partial charge in [-0.2, -0.15) is 0 Å². The Kier molecular flexibility index (Phi) is 4.29. The van der Waals surface area contributed by atoms with Crippen LogP contribution >= 0.6 is 12.4 Å². The van der Waals surface area contributed by atoms with E-state index in [1.165, 1.54) is 0 Å². The lowest BCUT2D eigenvalue weighted by molar-refractivity contribution is 0.165. The van der Waals surface area contributed by atoms with Crippen molar-refractivity contribution in [2.45, 2.75) is 19.1 Å². The zero-order valence-corrected chi connectivity index (χ0v) is 12.1. The molecule has 0 unspecified atom stereocenters. The molecule has 3 aromatic rings. The lowest BCUT2D eigenvalue weighted by Gasteiger charge is -2.20. The number of aliphatic hydroxyl groups excluding tert-OH is 1. The third kappa shape index (κ3) is 2.38. The Labute approximate surface area is 124 Å². The van der Waals surface area contributed by atoms with Crippen molar-refractivity contribution in [3.05, 3.63) is 60.2 Å². The number of fused-ring (bicyclic) bond motifs is 2. The molecule has 3 rings (SSSR count). The summed E-state index contributed by atoms with van der Waals surface area (Å²) >= 11 is 0. The summed E-state index contributed by atoms with van der Waals surface area (Å²) < 4.78 is 0. The van der Waals surface area contributed by atoms with Gasteiger partial charge in [0.2, 0.25) is 0 Å². The molecule has 0 spiro atoms. The highest BCUT2D eigenvalue weighted by Gasteiger charge is 2.18. The summed E-state index contributed by atoms with van der Waals surface area (Å²) in [6, 6.07) is 18.2. The molecular weight excluding hydrogens is 270 g/mol. The summed E-state index contributed by atoms with van der Waals surface area (Å²) in [5.74, 6) is 0. The summed E-state index contributed by atoms with van der Waals surface area (Å²) in [7, 11) is 0. The Balaban J connectivity index is 0.00000147. The van der Waals surface area contributed by atoms with Crippen LogP contribution in [0.2, 0.25) is 0 Å². The maximum atomic E-state index is 9.87. The molecule has 0 saturated heterocycles. The van der Waals surface area contributed by atoms with Crippen molar-refractivity contribution in [1.82, 2.24) is 0 Å². The van der Waals surface area contributed by atoms with Gasteiger partial charge in [0.25, 0.3) is 0 Å². The molecule has 3 aromatic carbocycles.